The number of aryl methyl sites for hydroxylation is 1. The summed E-state index contributed by atoms with van der Waals surface area (Å²) in [5, 5.41) is 10.6. The molecule has 34 heavy (non-hydrogen) atoms. The Bertz CT molecular complexity index is 1090. The van der Waals surface area contributed by atoms with E-state index in [4.69, 9.17) is 4.74 Å². The number of alkyl halides is 1. The van der Waals surface area contributed by atoms with Crippen molar-refractivity contribution in [2.75, 3.05) is 26.7 Å². The SMILES string of the molecule is COc1ccc2nccc([C@H](F)CC[C@@H]3CCN(CCCc4ccccc4)C[C@@H]3C(=O)O)c2c1. The topological polar surface area (TPSA) is 62.7 Å². The zero-order valence-electron chi connectivity index (χ0n) is 19.7. The van der Waals surface area contributed by atoms with Crippen LogP contribution < -0.4 is 4.74 Å². The molecule has 180 valence electrons. The lowest BCUT2D eigenvalue weighted by Crippen LogP contribution is -2.44. The normalized spacial score (nSPS) is 19.7. The van der Waals surface area contributed by atoms with Crippen molar-refractivity contribution >= 4 is 16.9 Å². The third kappa shape index (κ3) is 5.92. The number of hydrogen-bond acceptors (Lipinski definition) is 4. The minimum atomic E-state index is -1.17. The van der Waals surface area contributed by atoms with Crippen LogP contribution in [0.4, 0.5) is 4.39 Å². The summed E-state index contributed by atoms with van der Waals surface area (Å²) >= 11 is 0. The summed E-state index contributed by atoms with van der Waals surface area (Å²) in [7, 11) is 1.59. The molecule has 0 aliphatic carbocycles. The maximum absolute atomic E-state index is 15.4. The second kappa shape index (κ2) is 11.4. The van der Waals surface area contributed by atoms with Crippen molar-refractivity contribution < 1.29 is 19.0 Å². The number of rotatable bonds is 10. The second-order valence-electron chi connectivity index (χ2n) is 9.21. The Labute approximate surface area is 200 Å². The van der Waals surface area contributed by atoms with E-state index in [-0.39, 0.29) is 5.92 Å². The van der Waals surface area contributed by atoms with Crippen LogP contribution in [0.1, 0.15) is 43.0 Å². The number of pyridine rings is 1. The number of nitrogens with zero attached hydrogens (tertiary/aromatic N) is 2. The number of piperidine rings is 1. The number of methoxy groups -OCH3 is 1. The van der Waals surface area contributed by atoms with Gasteiger partial charge in [0.15, 0.2) is 0 Å². The van der Waals surface area contributed by atoms with E-state index in [0.717, 1.165) is 43.3 Å². The molecule has 2 heterocycles. The third-order valence-electron chi connectivity index (χ3n) is 7.05. The van der Waals surface area contributed by atoms with Gasteiger partial charge in [-0.05, 0) is 86.5 Å². The monoisotopic (exact) mass is 464 g/mol. The minimum absolute atomic E-state index is 0.0104. The van der Waals surface area contributed by atoms with Gasteiger partial charge in [-0.2, -0.15) is 0 Å². The first-order valence-corrected chi connectivity index (χ1v) is 12.1. The van der Waals surface area contributed by atoms with E-state index >= 15 is 4.39 Å². The van der Waals surface area contributed by atoms with Crippen molar-refractivity contribution in [3.63, 3.8) is 0 Å². The highest BCUT2D eigenvalue weighted by molar-refractivity contribution is 5.83. The molecule has 0 radical (unpaired) electrons. The van der Waals surface area contributed by atoms with Gasteiger partial charge in [0.1, 0.15) is 11.9 Å². The summed E-state index contributed by atoms with van der Waals surface area (Å²) in [6, 6.07) is 17.5. The number of aromatic nitrogens is 1. The number of halogens is 1. The summed E-state index contributed by atoms with van der Waals surface area (Å²) in [5.41, 5.74) is 2.63. The van der Waals surface area contributed by atoms with Crippen LogP contribution in [0.25, 0.3) is 10.9 Å². The van der Waals surface area contributed by atoms with Gasteiger partial charge in [0.05, 0.1) is 18.5 Å². The second-order valence-corrected chi connectivity index (χ2v) is 9.21. The summed E-state index contributed by atoms with van der Waals surface area (Å²) in [6.07, 6.45) is 4.11. The Morgan fingerprint density at radius 3 is 2.82 bits per heavy atom. The van der Waals surface area contributed by atoms with E-state index in [1.807, 2.05) is 36.4 Å². The van der Waals surface area contributed by atoms with E-state index in [1.165, 1.54) is 5.56 Å². The zero-order valence-corrected chi connectivity index (χ0v) is 19.7. The molecule has 3 atom stereocenters. The number of benzene rings is 2. The molecule has 2 aromatic carbocycles. The van der Waals surface area contributed by atoms with Gasteiger partial charge >= 0.3 is 5.97 Å². The van der Waals surface area contributed by atoms with Gasteiger partial charge in [-0.1, -0.05) is 30.3 Å². The fraction of sp³-hybridized carbons (Fsp3) is 0.429. The molecule has 0 spiro atoms. The van der Waals surface area contributed by atoms with Crippen LogP contribution in [0.15, 0.2) is 60.8 Å². The Kier molecular flexibility index (Phi) is 8.12. The summed E-state index contributed by atoms with van der Waals surface area (Å²) in [4.78, 5) is 18.6. The lowest BCUT2D eigenvalue weighted by molar-refractivity contribution is -0.146. The largest absolute Gasteiger partial charge is 0.497 e. The van der Waals surface area contributed by atoms with Crippen molar-refractivity contribution in [1.82, 2.24) is 9.88 Å². The van der Waals surface area contributed by atoms with Crippen LogP contribution in [0.2, 0.25) is 0 Å². The van der Waals surface area contributed by atoms with Crippen molar-refractivity contribution in [3.05, 3.63) is 71.9 Å². The van der Waals surface area contributed by atoms with Crippen LogP contribution in [0.3, 0.4) is 0 Å². The maximum Gasteiger partial charge on any atom is 0.308 e. The van der Waals surface area contributed by atoms with Gasteiger partial charge in [-0.3, -0.25) is 9.78 Å². The lowest BCUT2D eigenvalue weighted by atomic mass is 9.81. The molecule has 0 unspecified atom stereocenters. The summed E-state index contributed by atoms with van der Waals surface area (Å²) in [6.45, 7) is 2.30. The number of carboxylic acid groups (broad SMARTS) is 1. The highest BCUT2D eigenvalue weighted by Gasteiger charge is 2.34. The van der Waals surface area contributed by atoms with E-state index < -0.39 is 18.1 Å². The molecule has 1 saturated heterocycles. The average molecular weight is 465 g/mol. The number of carboxylic acids is 1. The van der Waals surface area contributed by atoms with Crippen LogP contribution >= 0.6 is 0 Å². The number of hydrogen-bond donors (Lipinski definition) is 1. The van der Waals surface area contributed by atoms with Crippen LogP contribution in [0, 0.1) is 11.8 Å². The molecule has 0 saturated carbocycles. The fourth-order valence-electron chi connectivity index (χ4n) is 5.11. The molecule has 0 amide bonds. The number of likely N-dealkylation sites (tertiary alicyclic amines) is 1. The fourth-order valence-corrected chi connectivity index (χ4v) is 5.11. The Hall–Kier alpha value is -2.99. The van der Waals surface area contributed by atoms with Gasteiger partial charge in [-0.25, -0.2) is 4.39 Å². The average Bonchev–Trinajstić information content (AvgIpc) is 2.87. The first-order chi connectivity index (χ1) is 16.5. The predicted molar refractivity (Wildman–Crippen MR) is 132 cm³/mol. The molecule has 5 nitrogen and oxygen atoms in total. The quantitative estimate of drug-likeness (QED) is 0.418. The lowest BCUT2D eigenvalue weighted by Gasteiger charge is -2.37. The maximum atomic E-state index is 15.4. The highest BCUT2D eigenvalue weighted by atomic mass is 19.1. The van der Waals surface area contributed by atoms with E-state index in [2.05, 4.69) is 22.0 Å². The first-order valence-electron chi connectivity index (χ1n) is 12.1. The van der Waals surface area contributed by atoms with Crippen molar-refractivity contribution in [2.45, 2.75) is 38.3 Å². The predicted octanol–water partition coefficient (Wildman–Crippen LogP) is 5.69. The molecule has 1 N–H and O–H groups in total. The number of fused-ring (bicyclic) bond motifs is 1. The van der Waals surface area contributed by atoms with E-state index in [0.29, 0.717) is 30.7 Å². The molecule has 1 fully saturated rings. The van der Waals surface area contributed by atoms with E-state index in [9.17, 15) is 9.90 Å². The van der Waals surface area contributed by atoms with Crippen LogP contribution in [0.5, 0.6) is 5.75 Å². The Balaban J connectivity index is 1.34. The van der Waals surface area contributed by atoms with E-state index in [1.54, 1.807) is 19.4 Å². The van der Waals surface area contributed by atoms with Crippen molar-refractivity contribution in [2.24, 2.45) is 11.8 Å². The summed E-state index contributed by atoms with van der Waals surface area (Å²) < 4.78 is 20.7. The molecular weight excluding hydrogens is 431 g/mol. The standard InChI is InChI=1S/C28H33FN2O3/c1-34-22-10-12-27-24(18-22)23(13-15-30-27)26(29)11-9-21-14-17-31(19-25(21)28(32)33)16-5-8-20-6-3-2-4-7-20/h2-4,6-7,10,12-13,15,18,21,25-26H,5,8-9,11,14,16-17,19H2,1H3,(H,32,33)/t21-,25+,26-/m1/s1. The zero-order chi connectivity index (χ0) is 23.9. The molecule has 1 aliphatic heterocycles. The van der Waals surface area contributed by atoms with Crippen molar-refractivity contribution in [1.29, 1.82) is 0 Å². The van der Waals surface area contributed by atoms with Gasteiger partial charge in [0.2, 0.25) is 0 Å². The molecule has 0 bridgehead atoms. The minimum Gasteiger partial charge on any atom is -0.497 e. The molecule has 3 aromatic rings. The Morgan fingerprint density at radius 1 is 1.24 bits per heavy atom. The molecule has 4 rings (SSSR count). The molecule has 1 aliphatic rings. The molecule has 1 aromatic heterocycles. The summed E-state index contributed by atoms with van der Waals surface area (Å²) in [5.74, 6) is -0.567. The van der Waals surface area contributed by atoms with Gasteiger partial charge in [0.25, 0.3) is 0 Å². The number of aliphatic carboxylic acids is 1. The smallest absolute Gasteiger partial charge is 0.308 e. The molecular formula is C28H33FN2O3. The first kappa shape index (κ1) is 24.1. The number of ether oxygens (including phenoxy) is 1. The Morgan fingerprint density at radius 2 is 2.06 bits per heavy atom. The molecule has 6 heteroatoms. The van der Waals surface area contributed by atoms with Crippen LogP contribution in [-0.4, -0.2) is 47.7 Å². The highest BCUT2D eigenvalue weighted by Crippen LogP contribution is 2.35. The van der Waals surface area contributed by atoms with Gasteiger partial charge < -0.3 is 14.7 Å². The van der Waals surface area contributed by atoms with Crippen molar-refractivity contribution in [3.8, 4) is 5.75 Å². The van der Waals surface area contributed by atoms with Crippen LogP contribution in [-0.2, 0) is 11.2 Å². The van der Waals surface area contributed by atoms with Gasteiger partial charge in [0, 0.05) is 18.1 Å². The third-order valence-corrected chi connectivity index (χ3v) is 7.05. The number of carbonyl (C=O) groups is 1. The van der Waals surface area contributed by atoms with Gasteiger partial charge in [-0.15, -0.1) is 0 Å².